The zero-order valence-electron chi connectivity index (χ0n) is 46.6. The number of carbonyl (C=O) groups excluding carboxylic acids is 11. The number of aliphatic hydroxyl groups is 2. The van der Waals surface area contributed by atoms with E-state index in [2.05, 4.69) is 40.4 Å². The van der Waals surface area contributed by atoms with Crippen LogP contribution in [0.2, 0.25) is 0 Å². The number of hydroxylamine groups is 2. The van der Waals surface area contributed by atoms with Gasteiger partial charge in [0.2, 0.25) is 53.2 Å². The van der Waals surface area contributed by atoms with Crippen LogP contribution in [0.4, 0.5) is 0 Å². The zero-order chi connectivity index (χ0) is 61.5. The first-order valence-corrected chi connectivity index (χ1v) is 26.9. The number of unbranched alkanes of at least 4 members (excludes halogenated alkanes) is 6. The number of hydrogen-bond acceptors (Lipinski definition) is 18. The Morgan fingerprint density at radius 2 is 1.27 bits per heavy atom. The normalized spacial score (nSPS) is 24.7. The maximum Gasteiger partial charge on any atom is 0.329 e. The highest BCUT2D eigenvalue weighted by Gasteiger charge is 2.51. The Morgan fingerprint density at radius 3 is 1.83 bits per heavy atom. The number of hydrogen-bond donors (Lipinski definition) is 12. The van der Waals surface area contributed by atoms with E-state index in [0.717, 1.165) is 64.4 Å². The van der Waals surface area contributed by atoms with Crippen LogP contribution in [-0.4, -0.2) is 200 Å². The van der Waals surface area contributed by atoms with Crippen LogP contribution in [0, 0.1) is 11.8 Å². The predicted molar refractivity (Wildman–Crippen MR) is 284 cm³/mol. The Morgan fingerprint density at radius 1 is 0.683 bits per heavy atom. The van der Waals surface area contributed by atoms with Gasteiger partial charge in [0.1, 0.15) is 48.9 Å². The van der Waals surface area contributed by atoms with E-state index in [0.29, 0.717) is 34.3 Å². The quantitative estimate of drug-likeness (QED) is 0.0348. The molecular weight excluding hydrogens is 1080 g/mol. The van der Waals surface area contributed by atoms with Crippen LogP contribution in [0.3, 0.4) is 0 Å². The molecule has 82 heavy (non-hydrogen) atoms. The van der Waals surface area contributed by atoms with Crippen LogP contribution in [-0.2, 0) is 78.3 Å². The second-order valence-electron chi connectivity index (χ2n) is 20.8. The molecule has 456 valence electrons. The van der Waals surface area contributed by atoms with Crippen LogP contribution in [0.5, 0.6) is 0 Å². The number of rotatable bonds is 24. The number of aliphatic hydroxyl groups excluding tert-OH is 2. The van der Waals surface area contributed by atoms with Crippen LogP contribution < -0.4 is 43.8 Å². The number of aliphatic carboxylic acids is 2. The van der Waals surface area contributed by atoms with Crippen molar-refractivity contribution in [3.05, 3.63) is 35.9 Å². The number of primary amides is 2. The number of nitrogens with zero attached hydrogens (tertiary/aromatic N) is 3. The van der Waals surface area contributed by atoms with Crippen molar-refractivity contribution < 1.29 is 92.3 Å². The Labute approximate surface area is 473 Å². The number of carbonyl (C=O) groups is 13. The average Bonchev–Trinajstić information content (AvgIpc) is 3.55. The molecule has 0 bridgehead atoms. The molecule has 1 aromatic rings. The van der Waals surface area contributed by atoms with E-state index in [1.807, 2.05) is 0 Å². The van der Waals surface area contributed by atoms with Gasteiger partial charge in [-0.2, -0.15) is 0 Å². The number of cyclic esters (lactones) is 1. The molecule has 0 aliphatic carbocycles. The van der Waals surface area contributed by atoms with E-state index >= 15 is 0 Å². The van der Waals surface area contributed by atoms with E-state index in [1.165, 1.54) is 12.1 Å². The number of esters is 1. The Balaban J connectivity index is 2.21. The molecule has 0 radical (unpaired) electrons. The molecule has 2 saturated heterocycles. The predicted octanol–water partition coefficient (Wildman–Crippen LogP) is -3.85. The number of fused-ring (bicyclic) bond motifs is 1. The van der Waals surface area contributed by atoms with Gasteiger partial charge in [0.25, 0.3) is 5.91 Å². The fraction of sp³-hybridized carbons (Fsp3) is 0.635. The van der Waals surface area contributed by atoms with Gasteiger partial charge in [-0.3, -0.25) is 57.5 Å². The Kier molecular flexibility index (Phi) is 27.7. The van der Waals surface area contributed by atoms with Crippen molar-refractivity contribution >= 4 is 77.0 Å². The topological polar surface area (TPSA) is 469 Å². The molecule has 11 unspecified atom stereocenters. The molecule has 3 rings (SSSR count). The third-order valence-electron chi connectivity index (χ3n) is 13.7. The monoisotopic (exact) mass is 1160 g/mol. The maximum absolute atomic E-state index is 14.8. The molecule has 2 heterocycles. The first kappa shape index (κ1) is 68.4. The molecule has 2 aliphatic heterocycles. The fourth-order valence-corrected chi connectivity index (χ4v) is 9.03. The number of nitrogens with one attached hydrogen (secondary N) is 5. The van der Waals surface area contributed by atoms with E-state index in [1.54, 1.807) is 18.2 Å². The van der Waals surface area contributed by atoms with E-state index in [4.69, 9.17) is 26.8 Å². The second-order valence-corrected chi connectivity index (χ2v) is 20.8. The first-order chi connectivity index (χ1) is 38.6. The van der Waals surface area contributed by atoms with Crippen molar-refractivity contribution in [2.24, 2.45) is 29.0 Å². The third kappa shape index (κ3) is 21.2. The lowest BCUT2D eigenvalue weighted by molar-refractivity contribution is -0.307. The lowest BCUT2D eigenvalue weighted by Gasteiger charge is -2.44. The average molecular weight is 1160 g/mol. The highest BCUT2D eigenvalue weighted by atomic mass is 16.7. The van der Waals surface area contributed by atoms with Crippen LogP contribution in [0.15, 0.2) is 30.3 Å². The largest absolute Gasteiger partial charge is 0.481 e. The van der Waals surface area contributed by atoms with E-state index in [9.17, 15) is 82.8 Å². The minimum atomic E-state index is -2.33. The number of amides is 10. The molecule has 11 atom stereocenters. The number of nitrogens with two attached hydrogens (primary N) is 3. The van der Waals surface area contributed by atoms with E-state index < -0.39 is 182 Å². The van der Waals surface area contributed by atoms with Crippen LogP contribution in [0.1, 0.15) is 110 Å². The fourth-order valence-electron chi connectivity index (χ4n) is 9.03. The molecule has 10 amide bonds. The first-order valence-electron chi connectivity index (χ1n) is 26.9. The minimum absolute atomic E-state index is 0.155. The molecule has 30 nitrogen and oxygen atoms in total. The van der Waals surface area contributed by atoms with Crippen molar-refractivity contribution in [1.29, 1.82) is 0 Å². The number of ether oxygens (including phenoxy) is 1. The number of benzene rings is 1. The zero-order valence-corrected chi connectivity index (χ0v) is 46.6. The number of likely N-dealkylation sites (N-methyl/N-ethyl adjacent to an activating group) is 2. The van der Waals surface area contributed by atoms with Gasteiger partial charge in [-0.05, 0) is 23.8 Å². The van der Waals surface area contributed by atoms with Gasteiger partial charge in [0.15, 0.2) is 12.3 Å². The summed E-state index contributed by atoms with van der Waals surface area (Å²) in [6.45, 7) is 3.12. The second kappa shape index (κ2) is 33.2. The summed E-state index contributed by atoms with van der Waals surface area (Å²) in [7, 11) is 2.03. The van der Waals surface area contributed by atoms with Crippen LogP contribution >= 0.6 is 0 Å². The molecule has 30 heteroatoms. The molecule has 0 aromatic heterocycles. The number of carboxylic acids is 2. The summed E-state index contributed by atoms with van der Waals surface area (Å²) in [5, 5.41) is 52.8. The van der Waals surface area contributed by atoms with Gasteiger partial charge in [-0.15, -0.1) is 0 Å². The van der Waals surface area contributed by atoms with Crippen molar-refractivity contribution in [3.8, 4) is 0 Å². The molecule has 0 spiro atoms. The summed E-state index contributed by atoms with van der Waals surface area (Å²) in [6.07, 6.45) is -1.68. The van der Waals surface area contributed by atoms with Gasteiger partial charge in [-0.1, -0.05) is 96.0 Å². The van der Waals surface area contributed by atoms with Gasteiger partial charge < -0.3 is 78.7 Å². The third-order valence-corrected chi connectivity index (χ3v) is 13.7. The van der Waals surface area contributed by atoms with Crippen molar-refractivity contribution in [2.75, 3.05) is 27.3 Å². The highest BCUT2D eigenvalue weighted by molar-refractivity contribution is 6.00. The van der Waals surface area contributed by atoms with Crippen molar-refractivity contribution in [2.45, 2.75) is 171 Å². The van der Waals surface area contributed by atoms with Gasteiger partial charge >= 0.3 is 17.9 Å². The smallest absolute Gasteiger partial charge is 0.329 e. The molecule has 1 aromatic carbocycles. The molecule has 2 fully saturated rings. The van der Waals surface area contributed by atoms with Crippen LogP contribution in [0.25, 0.3) is 0 Å². The Hall–Kier alpha value is -7.83. The Bertz CT molecular complexity index is 2450. The highest BCUT2D eigenvalue weighted by Crippen LogP contribution is 2.23. The summed E-state index contributed by atoms with van der Waals surface area (Å²) in [5.41, 5.74) is 17.2. The molecule has 0 saturated carbocycles. The molecule has 15 N–H and O–H groups in total. The summed E-state index contributed by atoms with van der Waals surface area (Å²) >= 11 is 0. The lowest BCUT2D eigenvalue weighted by atomic mass is 9.97. The lowest BCUT2D eigenvalue weighted by Crippen LogP contribution is -2.73. The summed E-state index contributed by atoms with van der Waals surface area (Å²) < 4.78 is 5.43. The van der Waals surface area contributed by atoms with E-state index in [-0.39, 0.29) is 12.8 Å². The number of carboxylic acid groups (broad SMARTS) is 2. The van der Waals surface area contributed by atoms with Gasteiger partial charge in [0.05, 0.1) is 38.4 Å². The SMILES string of the molecule is CC(C)CCCCCCCCCC(=O)NC1COC(=O)C(C(C)CC(=O)O)NC(=O)C(C(O)CC(N)=O)NC(=O)C(CC(N)=O)N(C)C(=O)C(Cc2ccccc2)N(C)C(=O)C(CC(=O)O)NC(=O)C2C(N)ON2C(=O)C(CO)NC1=O. The molecular formula is C52H79N11O19. The standard InChI is InChI=1S/C52H79N11O19/c1-27(2)16-12-9-7-6-8-10-15-19-38(68)56-32-26-81-52(80)41(28(3)20-39(69)70)59-47(75)42(35(65)24-37(54)67)60-46(74)33(23-36(53)66)61(4)51(79)34(21-29-17-13-11-14-18-29)62(5)49(77)30(22-40(71)72)57-48(76)43-44(55)82-63(43)50(78)31(25-64)58-45(32)73/h11,13-14,17-18,27-28,30-35,41-44,64-65H,6-10,12,15-16,19-26,55H2,1-5H3,(H2,53,66)(H2,54,67)(H,56,68)(H,57,76)(H,58,73)(H,59,75)(H,60,74)(H,69,70)(H,71,72). The molecule has 2 aliphatic rings. The van der Waals surface area contributed by atoms with Crippen molar-refractivity contribution in [3.63, 3.8) is 0 Å². The summed E-state index contributed by atoms with van der Waals surface area (Å²) in [5.74, 6) is -18.0. The van der Waals surface area contributed by atoms with Crippen molar-refractivity contribution in [1.82, 2.24) is 41.4 Å². The summed E-state index contributed by atoms with van der Waals surface area (Å²) in [6, 6.07) is -8.20. The van der Waals surface area contributed by atoms with Gasteiger partial charge in [0, 0.05) is 26.9 Å². The minimum Gasteiger partial charge on any atom is -0.481 e. The summed E-state index contributed by atoms with van der Waals surface area (Å²) in [4.78, 5) is 183. The van der Waals surface area contributed by atoms with Gasteiger partial charge in [-0.25, -0.2) is 14.7 Å². The maximum atomic E-state index is 14.8.